The van der Waals surface area contributed by atoms with Gasteiger partial charge in [-0.3, -0.25) is 5.10 Å². The van der Waals surface area contributed by atoms with Crippen LogP contribution in [-0.4, -0.2) is 44.8 Å². The number of aromatic nitrogens is 5. The minimum Gasteiger partial charge on any atom is -0.463 e. The lowest BCUT2D eigenvalue weighted by atomic mass is 10.3. The Morgan fingerprint density at radius 3 is 3.11 bits per heavy atom. The van der Waals surface area contributed by atoms with Crippen LogP contribution in [0.15, 0.2) is 18.6 Å². The summed E-state index contributed by atoms with van der Waals surface area (Å²) in [4.78, 5) is 23.2. The van der Waals surface area contributed by atoms with Gasteiger partial charge in [0.2, 0.25) is 5.82 Å². The van der Waals surface area contributed by atoms with Crippen LogP contribution in [0.5, 0.6) is 0 Å². The molecule has 2 rings (SSSR count). The Kier molecular flexibility index (Phi) is 4.38. The van der Waals surface area contributed by atoms with Crippen molar-refractivity contribution in [1.82, 2.24) is 25.1 Å². The van der Waals surface area contributed by atoms with Crippen LogP contribution in [0.3, 0.4) is 0 Å². The van der Waals surface area contributed by atoms with Gasteiger partial charge in [-0.1, -0.05) is 0 Å². The summed E-state index contributed by atoms with van der Waals surface area (Å²) in [7, 11) is 1.29. The number of rotatable bonds is 6. The maximum atomic E-state index is 11.3. The molecular formula is C11H14N6O2. The summed E-state index contributed by atoms with van der Waals surface area (Å²) in [6, 6.07) is 1.70. The SMILES string of the molecule is COC(=O)c1nccc(NCCCc2ncn[nH]2)n1. The highest BCUT2D eigenvalue weighted by Crippen LogP contribution is 2.03. The molecule has 2 aromatic rings. The fourth-order valence-electron chi connectivity index (χ4n) is 1.47. The Morgan fingerprint density at radius 1 is 1.47 bits per heavy atom. The maximum Gasteiger partial charge on any atom is 0.376 e. The summed E-state index contributed by atoms with van der Waals surface area (Å²) in [5.74, 6) is 0.931. The number of aryl methyl sites for hydroxylation is 1. The average Bonchev–Trinajstić information content (AvgIpc) is 2.96. The van der Waals surface area contributed by atoms with Gasteiger partial charge < -0.3 is 10.1 Å². The van der Waals surface area contributed by atoms with E-state index in [1.165, 1.54) is 19.6 Å². The molecule has 0 aliphatic carbocycles. The number of carbonyl (C=O) groups is 1. The summed E-state index contributed by atoms with van der Waals surface area (Å²) in [6.45, 7) is 0.707. The number of aromatic amines is 1. The number of anilines is 1. The third-order valence-electron chi connectivity index (χ3n) is 2.38. The summed E-state index contributed by atoms with van der Waals surface area (Å²) in [6.07, 6.45) is 4.66. The van der Waals surface area contributed by atoms with Gasteiger partial charge in [0.15, 0.2) is 0 Å². The number of hydrogen-bond acceptors (Lipinski definition) is 7. The van der Waals surface area contributed by atoms with E-state index in [2.05, 4.69) is 35.2 Å². The minimum absolute atomic E-state index is 0.0442. The largest absolute Gasteiger partial charge is 0.463 e. The van der Waals surface area contributed by atoms with E-state index in [-0.39, 0.29) is 5.82 Å². The first-order valence-corrected chi connectivity index (χ1v) is 5.79. The lowest BCUT2D eigenvalue weighted by Crippen LogP contribution is -2.11. The topological polar surface area (TPSA) is 106 Å². The number of carbonyl (C=O) groups excluding carboxylic acids is 1. The standard InChI is InChI=1S/C11H14N6O2/c1-19-11(18)10-13-6-4-8(16-10)12-5-2-3-9-14-7-15-17-9/h4,6-7H,2-3,5H2,1H3,(H,12,13,16)(H,14,15,17). The first-order chi connectivity index (χ1) is 9.29. The van der Waals surface area contributed by atoms with Crippen LogP contribution in [0, 0.1) is 0 Å². The predicted octanol–water partition coefficient (Wildman–Crippen LogP) is 0.426. The molecule has 100 valence electrons. The zero-order chi connectivity index (χ0) is 13.5. The highest BCUT2D eigenvalue weighted by atomic mass is 16.5. The van der Waals surface area contributed by atoms with Crippen molar-refractivity contribution in [3.63, 3.8) is 0 Å². The van der Waals surface area contributed by atoms with Crippen molar-refractivity contribution in [3.8, 4) is 0 Å². The molecule has 0 amide bonds. The monoisotopic (exact) mass is 262 g/mol. The van der Waals surface area contributed by atoms with E-state index in [1.807, 2.05) is 0 Å². The van der Waals surface area contributed by atoms with E-state index < -0.39 is 5.97 Å². The number of hydrogen-bond donors (Lipinski definition) is 2. The van der Waals surface area contributed by atoms with E-state index in [4.69, 9.17) is 0 Å². The molecule has 0 saturated carbocycles. The summed E-state index contributed by atoms with van der Waals surface area (Å²) < 4.78 is 4.55. The average molecular weight is 262 g/mol. The molecule has 0 aliphatic rings. The van der Waals surface area contributed by atoms with Gasteiger partial charge in [-0.05, 0) is 12.5 Å². The molecular weight excluding hydrogens is 248 g/mol. The lowest BCUT2D eigenvalue weighted by Gasteiger charge is -2.05. The Labute approximate surface area is 109 Å². The number of H-pyrrole nitrogens is 1. The summed E-state index contributed by atoms with van der Waals surface area (Å²) in [5, 5.41) is 9.67. The first-order valence-electron chi connectivity index (χ1n) is 5.79. The third-order valence-corrected chi connectivity index (χ3v) is 2.38. The molecule has 2 heterocycles. The Balaban J connectivity index is 1.81. The second-order valence-corrected chi connectivity index (χ2v) is 3.72. The molecule has 0 unspecified atom stereocenters. The van der Waals surface area contributed by atoms with Crippen LogP contribution in [-0.2, 0) is 11.2 Å². The molecule has 0 spiro atoms. The normalized spacial score (nSPS) is 10.2. The molecule has 0 aliphatic heterocycles. The van der Waals surface area contributed by atoms with Gasteiger partial charge in [0.05, 0.1) is 7.11 Å². The van der Waals surface area contributed by atoms with Gasteiger partial charge in [0.25, 0.3) is 0 Å². The van der Waals surface area contributed by atoms with Crippen molar-refractivity contribution in [2.75, 3.05) is 19.0 Å². The van der Waals surface area contributed by atoms with Gasteiger partial charge in [0.1, 0.15) is 18.0 Å². The summed E-state index contributed by atoms with van der Waals surface area (Å²) in [5.41, 5.74) is 0. The first kappa shape index (κ1) is 12.9. The molecule has 19 heavy (non-hydrogen) atoms. The molecule has 8 nitrogen and oxygen atoms in total. The van der Waals surface area contributed by atoms with Crippen LogP contribution < -0.4 is 5.32 Å². The van der Waals surface area contributed by atoms with E-state index >= 15 is 0 Å². The van der Waals surface area contributed by atoms with Gasteiger partial charge in [-0.2, -0.15) is 5.10 Å². The van der Waals surface area contributed by atoms with E-state index in [0.29, 0.717) is 12.4 Å². The van der Waals surface area contributed by atoms with Gasteiger partial charge in [-0.25, -0.2) is 19.7 Å². The maximum absolute atomic E-state index is 11.3. The number of methoxy groups -OCH3 is 1. The molecule has 0 atom stereocenters. The second-order valence-electron chi connectivity index (χ2n) is 3.72. The van der Waals surface area contributed by atoms with Crippen molar-refractivity contribution in [2.45, 2.75) is 12.8 Å². The zero-order valence-electron chi connectivity index (χ0n) is 10.5. The fourth-order valence-corrected chi connectivity index (χ4v) is 1.47. The minimum atomic E-state index is -0.551. The van der Waals surface area contributed by atoms with Crippen LogP contribution in [0.25, 0.3) is 0 Å². The van der Waals surface area contributed by atoms with Crippen LogP contribution in [0.2, 0.25) is 0 Å². The second kappa shape index (κ2) is 6.43. The third kappa shape index (κ3) is 3.73. The number of nitrogens with zero attached hydrogens (tertiary/aromatic N) is 4. The molecule has 0 saturated heterocycles. The molecule has 0 radical (unpaired) electrons. The Hall–Kier alpha value is -2.51. The quantitative estimate of drug-likeness (QED) is 0.574. The van der Waals surface area contributed by atoms with E-state index in [1.54, 1.807) is 6.07 Å². The van der Waals surface area contributed by atoms with Crippen molar-refractivity contribution in [3.05, 3.63) is 30.2 Å². The zero-order valence-corrected chi connectivity index (χ0v) is 10.5. The van der Waals surface area contributed by atoms with Crippen molar-refractivity contribution < 1.29 is 9.53 Å². The molecule has 2 aromatic heterocycles. The smallest absolute Gasteiger partial charge is 0.376 e. The van der Waals surface area contributed by atoms with Crippen LogP contribution in [0.4, 0.5) is 5.82 Å². The van der Waals surface area contributed by atoms with E-state index in [9.17, 15) is 4.79 Å². The molecule has 0 fully saturated rings. The highest BCUT2D eigenvalue weighted by molar-refractivity contribution is 5.85. The number of ether oxygens (including phenoxy) is 1. The Bertz CT molecular complexity index is 528. The number of esters is 1. The number of nitrogens with one attached hydrogen (secondary N) is 2. The van der Waals surface area contributed by atoms with Crippen molar-refractivity contribution >= 4 is 11.8 Å². The summed E-state index contributed by atoms with van der Waals surface area (Å²) >= 11 is 0. The van der Waals surface area contributed by atoms with Crippen LogP contribution in [0.1, 0.15) is 22.9 Å². The van der Waals surface area contributed by atoms with Gasteiger partial charge >= 0.3 is 5.97 Å². The molecule has 0 aromatic carbocycles. The van der Waals surface area contributed by atoms with Crippen molar-refractivity contribution in [1.29, 1.82) is 0 Å². The van der Waals surface area contributed by atoms with Gasteiger partial charge in [0, 0.05) is 19.2 Å². The molecule has 2 N–H and O–H groups in total. The van der Waals surface area contributed by atoms with Crippen molar-refractivity contribution in [2.24, 2.45) is 0 Å². The van der Waals surface area contributed by atoms with E-state index in [0.717, 1.165) is 18.7 Å². The Morgan fingerprint density at radius 2 is 2.37 bits per heavy atom. The van der Waals surface area contributed by atoms with Gasteiger partial charge in [-0.15, -0.1) is 0 Å². The molecule has 8 heteroatoms. The highest BCUT2D eigenvalue weighted by Gasteiger charge is 2.09. The lowest BCUT2D eigenvalue weighted by molar-refractivity contribution is 0.0587. The van der Waals surface area contributed by atoms with Crippen LogP contribution >= 0.6 is 0 Å². The predicted molar refractivity (Wildman–Crippen MR) is 66.6 cm³/mol. The fraction of sp³-hybridized carbons (Fsp3) is 0.364. The molecule has 0 bridgehead atoms.